The van der Waals surface area contributed by atoms with Gasteiger partial charge in [0.15, 0.2) is 11.5 Å². The normalized spacial score (nSPS) is 17.5. The number of carbonyl (C=O) groups is 2. The first-order valence-corrected chi connectivity index (χ1v) is 12.7. The minimum atomic E-state index is -5.11. The predicted octanol–water partition coefficient (Wildman–Crippen LogP) is 2.95. The van der Waals surface area contributed by atoms with Gasteiger partial charge in [-0.3, -0.25) is 14.3 Å². The van der Waals surface area contributed by atoms with Gasteiger partial charge in [0.05, 0.1) is 38.6 Å². The highest BCUT2D eigenvalue weighted by Gasteiger charge is 2.40. The highest BCUT2D eigenvalue weighted by atomic mass is 32.2. The maximum atomic E-state index is 13.1. The van der Waals surface area contributed by atoms with Crippen LogP contribution in [0.2, 0.25) is 0 Å². The summed E-state index contributed by atoms with van der Waals surface area (Å²) in [6, 6.07) is 9.85. The fraction of sp³-hybridized carbons (Fsp3) is 0.292. The lowest BCUT2D eigenvalue weighted by molar-refractivity contribution is -0.174. The topological polar surface area (TPSA) is 139 Å². The quantitative estimate of drug-likeness (QED) is 0.391. The van der Waals surface area contributed by atoms with Crippen molar-refractivity contribution in [3.8, 4) is 22.8 Å². The van der Waals surface area contributed by atoms with Crippen molar-refractivity contribution < 1.29 is 40.7 Å². The molecule has 4 rings (SSSR count). The number of carbonyl (C=O) groups excluding carboxylic acids is 2. The Bertz CT molecular complexity index is 1450. The van der Waals surface area contributed by atoms with E-state index in [1.54, 1.807) is 18.2 Å². The summed E-state index contributed by atoms with van der Waals surface area (Å²) in [4.78, 5) is 30.5. The molecule has 202 valence electrons. The second kappa shape index (κ2) is 10.4. The van der Waals surface area contributed by atoms with E-state index in [0.717, 1.165) is 0 Å². The van der Waals surface area contributed by atoms with Crippen LogP contribution >= 0.6 is 0 Å². The van der Waals surface area contributed by atoms with Crippen molar-refractivity contribution in [3.63, 3.8) is 0 Å². The average Bonchev–Trinajstić information content (AvgIpc) is 3.46. The second-order valence-electron chi connectivity index (χ2n) is 8.48. The number of sulfonamides is 1. The van der Waals surface area contributed by atoms with E-state index in [1.165, 1.54) is 44.7 Å². The van der Waals surface area contributed by atoms with Crippen LogP contribution < -0.4 is 19.5 Å². The lowest BCUT2D eigenvalue weighted by atomic mass is 10.0. The van der Waals surface area contributed by atoms with Crippen molar-refractivity contribution in [3.05, 3.63) is 65.6 Å². The lowest BCUT2D eigenvalue weighted by Gasteiger charge is -2.18. The number of nitrogens with one attached hydrogen (secondary N) is 3. The molecule has 1 aromatic heterocycles. The molecule has 3 aromatic rings. The van der Waals surface area contributed by atoms with E-state index in [4.69, 9.17) is 9.47 Å². The van der Waals surface area contributed by atoms with Gasteiger partial charge >= 0.3 is 12.1 Å². The summed E-state index contributed by atoms with van der Waals surface area (Å²) in [7, 11) is -0.903. The Hall–Kier alpha value is -4.07. The lowest BCUT2D eigenvalue weighted by Crippen LogP contribution is -2.40. The number of aromatic nitrogens is 2. The molecule has 1 fully saturated rings. The molecule has 1 aliphatic rings. The third kappa shape index (κ3) is 5.74. The van der Waals surface area contributed by atoms with Gasteiger partial charge in [0, 0.05) is 5.56 Å². The molecular formula is C24H23F3N4O6S. The third-order valence-electron chi connectivity index (χ3n) is 5.98. The van der Waals surface area contributed by atoms with Crippen LogP contribution in [-0.2, 0) is 26.0 Å². The van der Waals surface area contributed by atoms with E-state index < -0.39 is 39.3 Å². The zero-order chi connectivity index (χ0) is 27.7. The maximum Gasteiger partial charge on any atom is 0.471 e. The maximum absolute atomic E-state index is 13.1. The van der Waals surface area contributed by atoms with E-state index in [-0.39, 0.29) is 18.7 Å². The molecular weight excluding hydrogens is 529 g/mol. The van der Waals surface area contributed by atoms with Crippen LogP contribution in [0.1, 0.15) is 34.7 Å². The molecule has 0 radical (unpaired) electrons. The summed E-state index contributed by atoms with van der Waals surface area (Å²) in [5, 5.41) is 0.906. The van der Waals surface area contributed by atoms with Gasteiger partial charge in [-0.1, -0.05) is 24.3 Å². The number of rotatable bonds is 8. The number of nitrogens with zero attached hydrogens (tertiary/aromatic N) is 1. The van der Waals surface area contributed by atoms with Crippen LogP contribution in [0.4, 0.5) is 13.2 Å². The average molecular weight is 553 g/mol. The highest BCUT2D eigenvalue weighted by molar-refractivity contribution is 7.90. The minimum absolute atomic E-state index is 0.0737. The molecule has 0 aliphatic carbocycles. The molecule has 2 amide bonds. The SMILES string of the molecule is COc1ccc(-c2cnc(C(Cc3ccc(C4CC(=O)NS4(=O)=O)cc3)NC(=O)C(F)(F)F)[nH]2)cc1OC. The van der Waals surface area contributed by atoms with Gasteiger partial charge < -0.3 is 19.8 Å². The Labute approximate surface area is 215 Å². The Morgan fingerprint density at radius 1 is 1.13 bits per heavy atom. The monoisotopic (exact) mass is 552 g/mol. The van der Waals surface area contributed by atoms with E-state index in [9.17, 15) is 31.2 Å². The molecule has 10 nitrogen and oxygen atoms in total. The molecule has 1 aliphatic heterocycles. The number of halogens is 3. The van der Waals surface area contributed by atoms with Crippen LogP contribution in [-0.4, -0.2) is 50.6 Å². The van der Waals surface area contributed by atoms with Gasteiger partial charge in [-0.05, 0) is 35.7 Å². The highest BCUT2D eigenvalue weighted by Crippen LogP contribution is 2.33. The molecule has 2 heterocycles. The number of methoxy groups -OCH3 is 2. The van der Waals surface area contributed by atoms with Crippen LogP contribution in [0, 0.1) is 0 Å². The van der Waals surface area contributed by atoms with Crippen LogP contribution in [0.5, 0.6) is 11.5 Å². The number of ether oxygens (including phenoxy) is 2. The van der Waals surface area contributed by atoms with Crippen LogP contribution in [0.15, 0.2) is 48.7 Å². The molecule has 0 bridgehead atoms. The summed E-state index contributed by atoms with van der Waals surface area (Å²) in [5.41, 5.74) is 1.94. The van der Waals surface area contributed by atoms with Gasteiger partial charge in [-0.15, -0.1) is 0 Å². The number of hydrogen-bond donors (Lipinski definition) is 3. The summed E-state index contributed by atoms with van der Waals surface area (Å²) < 4.78 is 75.8. The number of benzene rings is 2. The summed E-state index contributed by atoms with van der Waals surface area (Å²) in [6.45, 7) is 0. The smallest absolute Gasteiger partial charge is 0.471 e. The molecule has 2 unspecified atom stereocenters. The van der Waals surface area contributed by atoms with Crippen molar-refractivity contribution in [1.29, 1.82) is 0 Å². The Morgan fingerprint density at radius 3 is 2.39 bits per heavy atom. The number of amides is 2. The Balaban J connectivity index is 1.60. The molecule has 1 saturated heterocycles. The summed E-state index contributed by atoms with van der Waals surface area (Å²) in [6.07, 6.45) is -4.01. The van der Waals surface area contributed by atoms with Crippen LogP contribution in [0.3, 0.4) is 0 Å². The number of alkyl halides is 3. The van der Waals surface area contributed by atoms with E-state index in [0.29, 0.717) is 33.9 Å². The number of aromatic amines is 1. The fourth-order valence-corrected chi connectivity index (χ4v) is 5.50. The summed E-state index contributed by atoms with van der Waals surface area (Å²) >= 11 is 0. The molecule has 2 aromatic carbocycles. The Kier molecular flexibility index (Phi) is 7.35. The van der Waals surface area contributed by atoms with Crippen molar-refractivity contribution in [1.82, 2.24) is 20.0 Å². The Morgan fingerprint density at radius 2 is 1.82 bits per heavy atom. The first-order valence-electron chi connectivity index (χ1n) is 11.2. The first-order chi connectivity index (χ1) is 17.9. The van der Waals surface area contributed by atoms with Gasteiger partial charge in [0.1, 0.15) is 11.1 Å². The van der Waals surface area contributed by atoms with Crippen molar-refractivity contribution >= 4 is 21.8 Å². The van der Waals surface area contributed by atoms with Gasteiger partial charge in [-0.2, -0.15) is 13.2 Å². The second-order valence-corrected chi connectivity index (χ2v) is 10.3. The molecule has 14 heteroatoms. The number of hydrogen-bond acceptors (Lipinski definition) is 7. The minimum Gasteiger partial charge on any atom is -0.493 e. The molecule has 0 spiro atoms. The summed E-state index contributed by atoms with van der Waals surface area (Å²) in [5.74, 6) is -1.75. The van der Waals surface area contributed by atoms with E-state index in [2.05, 4.69) is 9.97 Å². The third-order valence-corrected chi connectivity index (χ3v) is 7.68. The number of imidazole rings is 1. The molecule has 3 N–H and O–H groups in total. The van der Waals surface area contributed by atoms with Crippen molar-refractivity contribution in [2.75, 3.05) is 14.2 Å². The van der Waals surface area contributed by atoms with Gasteiger partial charge in [0.2, 0.25) is 15.9 Å². The standard InChI is InChI=1S/C24H23F3N4O6S/c1-36-18-8-7-15(10-19(18)37-2)17-12-28-22(29-17)16(30-23(33)24(25,26)27)9-13-3-5-14(6-4-13)20-11-21(32)31-38(20,34)35/h3-8,10,12,16,20H,9,11H2,1-2H3,(H,28,29)(H,30,33)(H,31,32). The van der Waals surface area contributed by atoms with Gasteiger partial charge in [-0.25, -0.2) is 13.4 Å². The molecule has 0 saturated carbocycles. The van der Waals surface area contributed by atoms with Crippen molar-refractivity contribution in [2.24, 2.45) is 0 Å². The predicted molar refractivity (Wildman–Crippen MR) is 129 cm³/mol. The largest absolute Gasteiger partial charge is 0.493 e. The van der Waals surface area contributed by atoms with Crippen LogP contribution in [0.25, 0.3) is 11.3 Å². The van der Waals surface area contributed by atoms with Gasteiger partial charge in [0.25, 0.3) is 0 Å². The van der Waals surface area contributed by atoms with E-state index >= 15 is 0 Å². The fourth-order valence-electron chi connectivity index (χ4n) is 4.07. The number of H-pyrrole nitrogens is 1. The zero-order valence-corrected chi connectivity index (χ0v) is 20.9. The molecule has 38 heavy (non-hydrogen) atoms. The first kappa shape index (κ1) is 27.0. The van der Waals surface area contributed by atoms with Crippen molar-refractivity contribution in [2.45, 2.75) is 30.3 Å². The van der Waals surface area contributed by atoms with E-state index in [1.807, 2.05) is 10.0 Å². The molecule has 2 atom stereocenters. The zero-order valence-electron chi connectivity index (χ0n) is 20.1.